The van der Waals surface area contributed by atoms with Gasteiger partial charge in [0.15, 0.2) is 0 Å². The molecule has 3 nitrogen and oxygen atoms in total. The number of nitrogen functional groups attached to an aromatic ring is 2. The first-order valence-electron chi connectivity index (χ1n) is 19.2. The summed E-state index contributed by atoms with van der Waals surface area (Å²) in [6.07, 6.45) is 16.5. The van der Waals surface area contributed by atoms with Crippen molar-refractivity contribution in [2.75, 3.05) is 16.8 Å². The molecule has 0 amide bonds. The van der Waals surface area contributed by atoms with Gasteiger partial charge < -0.3 is 16.8 Å². The van der Waals surface area contributed by atoms with E-state index >= 15 is 0 Å². The predicted molar refractivity (Wildman–Crippen MR) is 201 cm³/mol. The summed E-state index contributed by atoms with van der Waals surface area (Å²) in [6.45, 7) is 0. The third kappa shape index (κ3) is 5.71. The lowest BCUT2D eigenvalue weighted by Crippen LogP contribution is -2.51. The lowest BCUT2D eigenvalue weighted by Gasteiger charge is -2.55. The highest BCUT2D eigenvalue weighted by atomic mass is 15.0. The molecule has 5 N–H and O–H groups in total. The van der Waals surface area contributed by atoms with E-state index in [0.29, 0.717) is 6.04 Å². The van der Waals surface area contributed by atoms with E-state index in [1.165, 1.54) is 81.0 Å². The van der Waals surface area contributed by atoms with Crippen LogP contribution in [0.3, 0.4) is 0 Å². The summed E-state index contributed by atoms with van der Waals surface area (Å²) in [5.74, 6) is 8.98. The Labute approximate surface area is 287 Å². The second-order valence-electron chi connectivity index (χ2n) is 16.8. The molecule has 0 heterocycles. The minimum absolute atomic E-state index is 0.700. The fourth-order valence-corrected chi connectivity index (χ4v) is 12.3. The normalized spacial score (nSPS) is 33.7. The maximum Gasteiger partial charge on any atom is 0.0422 e. The Morgan fingerprint density at radius 2 is 0.854 bits per heavy atom. The minimum atomic E-state index is 0.700. The van der Waals surface area contributed by atoms with Crippen molar-refractivity contribution in [2.45, 2.75) is 76.7 Å². The zero-order valence-corrected chi connectivity index (χ0v) is 28.4. The smallest absolute Gasteiger partial charge is 0.0422 e. The highest BCUT2D eigenvalue weighted by Gasteiger charge is 2.49. The molecule has 0 unspecified atom stereocenters. The standard InChI is InChI=1S/C33H41N.C12H12N2/c1-2-6-29(24(5-1)19-31-25-11-20-9-21(13-25)14-26(31)12-20)30-7-3-4-8-32(30)34-33-27-15-22-10-23(17-27)18-28(33)16-22;13-11-7-3-1-5-9(11)10-6-2-4-8-12(10)14/h1-8,20-23,25-28,31,33-34H,9-19H2;1-8H,13-14H2. The Morgan fingerprint density at radius 1 is 0.438 bits per heavy atom. The van der Waals surface area contributed by atoms with Gasteiger partial charge in [-0.1, -0.05) is 78.9 Å². The molecule has 48 heavy (non-hydrogen) atoms. The van der Waals surface area contributed by atoms with Gasteiger partial charge in [-0.2, -0.15) is 0 Å². The van der Waals surface area contributed by atoms with E-state index < -0.39 is 0 Å². The molecule has 0 saturated heterocycles. The van der Waals surface area contributed by atoms with E-state index in [1.54, 1.807) is 12.0 Å². The summed E-state index contributed by atoms with van der Waals surface area (Å²) >= 11 is 0. The van der Waals surface area contributed by atoms with E-state index in [1.807, 2.05) is 48.5 Å². The van der Waals surface area contributed by atoms with Gasteiger partial charge >= 0.3 is 0 Å². The van der Waals surface area contributed by atoms with Gasteiger partial charge in [0.1, 0.15) is 0 Å². The second-order valence-corrected chi connectivity index (χ2v) is 16.8. The molecule has 0 aliphatic heterocycles. The number of nitrogens with one attached hydrogen (secondary N) is 1. The van der Waals surface area contributed by atoms with Crippen molar-refractivity contribution in [2.24, 2.45) is 53.3 Å². The number of anilines is 3. The molecule has 8 aliphatic carbocycles. The highest BCUT2D eigenvalue weighted by Crippen LogP contribution is 2.58. The average molecular weight is 636 g/mol. The highest BCUT2D eigenvalue weighted by molar-refractivity contribution is 5.84. The van der Waals surface area contributed by atoms with Crippen LogP contribution in [0.2, 0.25) is 0 Å². The molecule has 0 spiro atoms. The first-order valence-corrected chi connectivity index (χ1v) is 19.2. The number of para-hydroxylation sites is 3. The third-order valence-electron chi connectivity index (χ3n) is 13.9. The average Bonchev–Trinajstić information content (AvgIpc) is 3.09. The zero-order chi connectivity index (χ0) is 32.2. The Kier molecular flexibility index (Phi) is 7.98. The second kappa shape index (κ2) is 12.6. The molecule has 8 bridgehead atoms. The van der Waals surface area contributed by atoms with Crippen LogP contribution in [-0.2, 0) is 6.42 Å². The quantitative estimate of drug-likeness (QED) is 0.185. The van der Waals surface area contributed by atoms with Crippen LogP contribution in [0, 0.1) is 53.3 Å². The van der Waals surface area contributed by atoms with Crippen molar-refractivity contribution in [1.82, 2.24) is 0 Å². The van der Waals surface area contributed by atoms with Gasteiger partial charge in [-0.25, -0.2) is 0 Å². The summed E-state index contributed by atoms with van der Waals surface area (Å²) in [5, 5.41) is 4.17. The van der Waals surface area contributed by atoms with Crippen LogP contribution in [0.15, 0.2) is 97.1 Å². The molecule has 0 radical (unpaired) electrons. The zero-order valence-electron chi connectivity index (χ0n) is 28.4. The number of benzene rings is 4. The minimum Gasteiger partial charge on any atom is -0.398 e. The Balaban J connectivity index is 0.000000189. The monoisotopic (exact) mass is 635 g/mol. The van der Waals surface area contributed by atoms with Crippen LogP contribution in [-0.4, -0.2) is 6.04 Å². The van der Waals surface area contributed by atoms with Crippen molar-refractivity contribution < 1.29 is 0 Å². The maximum absolute atomic E-state index is 5.87. The van der Waals surface area contributed by atoms with E-state index in [2.05, 4.69) is 53.8 Å². The van der Waals surface area contributed by atoms with Crippen LogP contribution in [0.25, 0.3) is 22.3 Å². The molecule has 248 valence electrons. The van der Waals surface area contributed by atoms with Gasteiger partial charge in [-0.15, -0.1) is 0 Å². The fourth-order valence-electron chi connectivity index (χ4n) is 12.3. The topological polar surface area (TPSA) is 64.1 Å². The number of nitrogens with two attached hydrogens (primary N) is 2. The van der Waals surface area contributed by atoms with Crippen molar-refractivity contribution in [1.29, 1.82) is 0 Å². The van der Waals surface area contributed by atoms with Crippen molar-refractivity contribution in [3.05, 3.63) is 103 Å². The molecule has 0 atom stereocenters. The lowest BCUT2D eigenvalue weighted by atomic mass is 9.51. The van der Waals surface area contributed by atoms with E-state index in [0.717, 1.165) is 75.8 Å². The Bertz CT molecular complexity index is 1570. The fraction of sp³-hybridized carbons (Fsp3) is 0.467. The molecule has 8 fully saturated rings. The van der Waals surface area contributed by atoms with E-state index in [9.17, 15) is 0 Å². The Morgan fingerprint density at radius 3 is 1.38 bits per heavy atom. The Hall–Kier alpha value is -3.72. The number of hydrogen-bond donors (Lipinski definition) is 3. The lowest BCUT2D eigenvalue weighted by molar-refractivity contribution is -0.0359. The summed E-state index contributed by atoms with van der Waals surface area (Å²) in [6, 6.07) is 34.9. The van der Waals surface area contributed by atoms with Crippen LogP contribution in [0.4, 0.5) is 17.1 Å². The molecule has 8 aliphatic rings. The molecule has 12 rings (SSSR count). The number of rotatable bonds is 6. The van der Waals surface area contributed by atoms with Gasteiger partial charge in [-0.3, -0.25) is 0 Å². The van der Waals surface area contributed by atoms with Gasteiger partial charge in [0.25, 0.3) is 0 Å². The number of hydrogen-bond acceptors (Lipinski definition) is 3. The SMILES string of the molecule is Nc1ccccc1-c1ccccc1N.c1ccc(-c2ccccc2NC2C3CC4CC(C3)CC2C4)c(CC2C3CC4CC(C3)CC2C4)c1. The summed E-state index contributed by atoms with van der Waals surface area (Å²) in [4.78, 5) is 0. The molecular weight excluding hydrogens is 583 g/mol. The van der Waals surface area contributed by atoms with Gasteiger partial charge in [0.05, 0.1) is 0 Å². The first kappa shape index (κ1) is 30.3. The first-order chi connectivity index (χ1) is 23.6. The molecule has 4 aromatic carbocycles. The summed E-state index contributed by atoms with van der Waals surface area (Å²) < 4.78 is 0. The van der Waals surface area contributed by atoms with Crippen LogP contribution >= 0.6 is 0 Å². The van der Waals surface area contributed by atoms with Crippen LogP contribution in [0.1, 0.15) is 69.8 Å². The molecular formula is C45H53N3. The van der Waals surface area contributed by atoms with Gasteiger partial charge in [0.2, 0.25) is 0 Å². The van der Waals surface area contributed by atoms with Crippen molar-refractivity contribution in [3.63, 3.8) is 0 Å². The van der Waals surface area contributed by atoms with Crippen molar-refractivity contribution >= 4 is 17.1 Å². The third-order valence-corrected chi connectivity index (χ3v) is 13.9. The van der Waals surface area contributed by atoms with Gasteiger partial charge in [0, 0.05) is 39.8 Å². The predicted octanol–water partition coefficient (Wildman–Crippen LogP) is 10.7. The largest absolute Gasteiger partial charge is 0.398 e. The van der Waals surface area contributed by atoms with Crippen LogP contribution in [0.5, 0.6) is 0 Å². The molecule has 0 aromatic heterocycles. The maximum atomic E-state index is 5.87. The molecule has 4 aromatic rings. The van der Waals surface area contributed by atoms with E-state index in [4.69, 9.17) is 11.5 Å². The van der Waals surface area contributed by atoms with Gasteiger partial charge in [-0.05, 0) is 153 Å². The van der Waals surface area contributed by atoms with E-state index in [-0.39, 0.29) is 0 Å². The van der Waals surface area contributed by atoms with Crippen LogP contribution < -0.4 is 16.8 Å². The van der Waals surface area contributed by atoms with Crippen molar-refractivity contribution in [3.8, 4) is 22.3 Å². The summed E-state index contributed by atoms with van der Waals surface area (Å²) in [5.41, 5.74) is 21.2. The summed E-state index contributed by atoms with van der Waals surface area (Å²) in [7, 11) is 0. The molecule has 8 saturated carbocycles. The molecule has 3 heteroatoms.